The summed E-state index contributed by atoms with van der Waals surface area (Å²) in [5.41, 5.74) is 0.835. The number of thiazole rings is 1. The van der Waals surface area contributed by atoms with Gasteiger partial charge in [-0.15, -0.1) is 11.3 Å². The maximum absolute atomic E-state index is 5.11. The van der Waals surface area contributed by atoms with Crippen LogP contribution in [-0.4, -0.2) is 34.4 Å². The molecule has 92 valence electrons. The van der Waals surface area contributed by atoms with Gasteiger partial charge in [-0.2, -0.15) is 4.98 Å². The zero-order valence-electron chi connectivity index (χ0n) is 9.44. The fourth-order valence-electron chi connectivity index (χ4n) is 1.38. The third-order valence-corrected chi connectivity index (χ3v) is 3.28. The highest BCUT2D eigenvalue weighted by Crippen LogP contribution is 2.28. The van der Waals surface area contributed by atoms with Gasteiger partial charge in [-0.1, -0.05) is 0 Å². The highest BCUT2D eigenvalue weighted by Gasteiger charge is 2.15. The van der Waals surface area contributed by atoms with Crippen LogP contribution in [0.25, 0.3) is 10.7 Å². The molecule has 0 aliphatic heterocycles. The second kappa shape index (κ2) is 5.50. The van der Waals surface area contributed by atoms with Crippen molar-refractivity contribution in [2.45, 2.75) is 13.2 Å². The number of hydrogen-bond donors (Lipinski definition) is 2. The molecule has 0 spiro atoms. The van der Waals surface area contributed by atoms with Crippen molar-refractivity contribution in [3.05, 3.63) is 15.5 Å². The molecule has 8 heteroatoms. The molecule has 2 aromatic heterocycles. The summed E-state index contributed by atoms with van der Waals surface area (Å²) in [6, 6.07) is 0. The predicted molar refractivity (Wildman–Crippen MR) is 66.3 cm³/mol. The van der Waals surface area contributed by atoms with E-state index in [1.807, 2.05) is 0 Å². The topological polar surface area (TPSA) is 75.8 Å². The van der Waals surface area contributed by atoms with Crippen LogP contribution in [0.15, 0.2) is 0 Å². The van der Waals surface area contributed by atoms with Crippen molar-refractivity contribution in [3.8, 4) is 10.7 Å². The fraction of sp³-hybridized carbons (Fsp3) is 0.444. The first-order valence-electron chi connectivity index (χ1n) is 4.86. The van der Waals surface area contributed by atoms with Crippen LogP contribution in [0, 0.1) is 4.77 Å². The minimum Gasteiger partial charge on any atom is -0.378 e. The number of H-pyrrole nitrogens is 2. The maximum Gasteiger partial charge on any atom is 0.213 e. The van der Waals surface area contributed by atoms with Crippen molar-refractivity contribution >= 4 is 23.6 Å². The van der Waals surface area contributed by atoms with Crippen LogP contribution in [0.3, 0.4) is 0 Å². The van der Waals surface area contributed by atoms with Crippen LogP contribution in [-0.2, 0) is 22.7 Å². The Morgan fingerprint density at radius 3 is 2.53 bits per heavy atom. The molecule has 0 bridgehead atoms. The third kappa shape index (κ3) is 2.78. The Balaban J connectivity index is 2.39. The first kappa shape index (κ1) is 12.4. The van der Waals surface area contributed by atoms with Crippen LogP contribution in [0.2, 0.25) is 0 Å². The fourth-order valence-corrected chi connectivity index (χ4v) is 2.51. The Morgan fingerprint density at radius 1 is 1.18 bits per heavy atom. The number of nitrogens with zero attached hydrogens (tertiary/aromatic N) is 2. The van der Waals surface area contributed by atoms with Crippen molar-refractivity contribution in [3.63, 3.8) is 0 Å². The lowest BCUT2D eigenvalue weighted by molar-refractivity contribution is 0.176. The zero-order valence-corrected chi connectivity index (χ0v) is 11.1. The average Bonchev–Trinajstić information content (AvgIpc) is 2.86. The van der Waals surface area contributed by atoms with Gasteiger partial charge < -0.3 is 9.47 Å². The van der Waals surface area contributed by atoms with Crippen LogP contribution >= 0.6 is 23.6 Å². The van der Waals surface area contributed by atoms with Gasteiger partial charge in [0.25, 0.3) is 0 Å². The van der Waals surface area contributed by atoms with E-state index < -0.39 is 0 Å². The number of methoxy groups -OCH3 is 2. The number of aromatic nitrogens is 4. The quantitative estimate of drug-likeness (QED) is 0.813. The molecule has 0 amide bonds. The lowest BCUT2D eigenvalue weighted by atomic mass is 10.3. The molecule has 0 aliphatic rings. The van der Waals surface area contributed by atoms with Crippen LogP contribution in [0.1, 0.15) is 10.7 Å². The van der Waals surface area contributed by atoms with E-state index in [4.69, 9.17) is 21.7 Å². The van der Waals surface area contributed by atoms with Gasteiger partial charge in [0.2, 0.25) is 4.77 Å². The highest BCUT2D eigenvalue weighted by atomic mass is 32.1. The summed E-state index contributed by atoms with van der Waals surface area (Å²) in [6.07, 6.45) is 0. The summed E-state index contributed by atoms with van der Waals surface area (Å²) >= 11 is 6.44. The predicted octanol–water partition coefficient (Wildman–Crippen LogP) is 1.88. The van der Waals surface area contributed by atoms with E-state index in [1.165, 1.54) is 11.3 Å². The molecule has 0 unspecified atom stereocenters. The van der Waals surface area contributed by atoms with E-state index in [0.29, 0.717) is 23.8 Å². The minimum absolute atomic E-state index is 0.421. The van der Waals surface area contributed by atoms with E-state index in [9.17, 15) is 0 Å². The summed E-state index contributed by atoms with van der Waals surface area (Å²) in [4.78, 5) is 9.53. The summed E-state index contributed by atoms with van der Waals surface area (Å²) in [7, 11) is 3.27. The van der Waals surface area contributed by atoms with Gasteiger partial charge in [0, 0.05) is 14.2 Å². The SMILES string of the molecule is COCc1nc(COC)c(-c2nc(=S)[nH][nH]2)s1. The van der Waals surface area contributed by atoms with Crippen molar-refractivity contribution in [1.82, 2.24) is 20.2 Å². The number of rotatable bonds is 5. The van der Waals surface area contributed by atoms with Gasteiger partial charge in [0.1, 0.15) is 5.01 Å². The first-order chi connectivity index (χ1) is 8.24. The van der Waals surface area contributed by atoms with Crippen LogP contribution < -0.4 is 0 Å². The number of nitrogens with one attached hydrogen (secondary N) is 2. The second-order valence-electron chi connectivity index (χ2n) is 3.27. The zero-order chi connectivity index (χ0) is 12.3. The molecule has 2 N–H and O–H groups in total. The van der Waals surface area contributed by atoms with Gasteiger partial charge in [0.05, 0.1) is 23.8 Å². The molecule has 2 heterocycles. The van der Waals surface area contributed by atoms with Gasteiger partial charge in [0.15, 0.2) is 5.82 Å². The molecule has 2 rings (SSSR count). The largest absolute Gasteiger partial charge is 0.378 e. The molecule has 0 fully saturated rings. The Hall–Kier alpha value is -1.09. The van der Waals surface area contributed by atoms with E-state index in [0.717, 1.165) is 15.6 Å². The van der Waals surface area contributed by atoms with Gasteiger partial charge in [-0.3, -0.25) is 10.2 Å². The third-order valence-electron chi connectivity index (χ3n) is 2.01. The highest BCUT2D eigenvalue weighted by molar-refractivity contribution is 7.71. The van der Waals surface area contributed by atoms with Crippen LogP contribution in [0.4, 0.5) is 0 Å². The summed E-state index contributed by atoms with van der Waals surface area (Å²) in [5.74, 6) is 0.682. The van der Waals surface area contributed by atoms with Crippen LogP contribution in [0.5, 0.6) is 0 Å². The standard InChI is InChI=1S/C9H12N4O2S2/c1-14-3-5-7(8-11-9(16)13-12-8)17-6(10-5)4-15-2/h3-4H2,1-2H3,(H2,11,12,13,16). The molecule has 0 aliphatic carbocycles. The van der Waals surface area contributed by atoms with Gasteiger partial charge >= 0.3 is 0 Å². The normalized spacial score (nSPS) is 10.9. The lowest BCUT2D eigenvalue weighted by Gasteiger charge is -1.96. The Morgan fingerprint density at radius 2 is 1.94 bits per heavy atom. The summed E-state index contributed by atoms with van der Waals surface area (Å²) < 4.78 is 10.6. The van der Waals surface area contributed by atoms with Crippen molar-refractivity contribution in [2.24, 2.45) is 0 Å². The second-order valence-corrected chi connectivity index (χ2v) is 4.74. The molecule has 2 aromatic rings. The molecule has 0 saturated carbocycles. The van der Waals surface area contributed by atoms with Crippen molar-refractivity contribution in [2.75, 3.05) is 14.2 Å². The Bertz CT molecular complexity index is 545. The molecular weight excluding hydrogens is 260 g/mol. The average molecular weight is 272 g/mol. The summed E-state index contributed by atoms with van der Waals surface area (Å²) in [5, 5.41) is 6.56. The van der Waals surface area contributed by atoms with E-state index in [2.05, 4.69) is 20.2 Å². The van der Waals surface area contributed by atoms with E-state index in [-0.39, 0.29) is 0 Å². The molecule has 0 atom stereocenters. The molecule has 0 saturated heterocycles. The minimum atomic E-state index is 0.421. The van der Waals surface area contributed by atoms with Gasteiger partial charge in [-0.25, -0.2) is 4.98 Å². The molecular formula is C9H12N4O2S2. The van der Waals surface area contributed by atoms with E-state index >= 15 is 0 Å². The Kier molecular flexibility index (Phi) is 4.00. The number of ether oxygens (including phenoxy) is 2. The molecule has 17 heavy (non-hydrogen) atoms. The molecule has 0 radical (unpaired) electrons. The van der Waals surface area contributed by atoms with E-state index in [1.54, 1.807) is 14.2 Å². The number of hydrogen-bond acceptors (Lipinski definition) is 6. The monoisotopic (exact) mass is 272 g/mol. The van der Waals surface area contributed by atoms with Crippen molar-refractivity contribution in [1.29, 1.82) is 0 Å². The van der Waals surface area contributed by atoms with Gasteiger partial charge in [-0.05, 0) is 12.2 Å². The van der Waals surface area contributed by atoms with Crippen molar-refractivity contribution < 1.29 is 9.47 Å². The smallest absolute Gasteiger partial charge is 0.213 e. The molecule has 6 nitrogen and oxygen atoms in total. The maximum atomic E-state index is 5.11. The Labute approximate surface area is 107 Å². The lowest BCUT2D eigenvalue weighted by Crippen LogP contribution is -1.92. The first-order valence-corrected chi connectivity index (χ1v) is 6.08. The summed E-state index contributed by atoms with van der Waals surface area (Å²) in [6.45, 7) is 0.912. The molecule has 0 aromatic carbocycles. The number of aromatic amines is 2.